The van der Waals surface area contributed by atoms with Crippen molar-refractivity contribution in [3.8, 4) is 0 Å². The zero-order chi connectivity index (χ0) is 19.3. The minimum atomic E-state index is -0.560. The molecule has 3 heterocycles. The third-order valence-corrected chi connectivity index (χ3v) is 6.82. The van der Waals surface area contributed by atoms with Crippen molar-refractivity contribution in [3.63, 3.8) is 0 Å². The summed E-state index contributed by atoms with van der Waals surface area (Å²) in [5.74, 6) is 0.0227. The molecule has 1 aromatic carbocycles. The lowest BCUT2D eigenvalue weighted by Crippen LogP contribution is -2.52. The highest BCUT2D eigenvalue weighted by Crippen LogP contribution is 2.43. The molecule has 0 aromatic heterocycles. The standard InChI is InChI=1S/C21H26N4O3/c26-17-7-6-16(19(27)24-17)25-11-14-3-1-2-13(18(14)20(25)28)10-23-21(15-4-5-15)8-9-22-12-21/h1-3,15-16,22-23H,4-12H2,(H,24,26,27). The first-order valence-corrected chi connectivity index (χ1v) is 10.3. The number of rotatable bonds is 5. The highest BCUT2D eigenvalue weighted by atomic mass is 16.2. The Bertz CT molecular complexity index is 842. The molecular formula is C21H26N4O3. The number of imide groups is 1. The van der Waals surface area contributed by atoms with E-state index >= 15 is 0 Å². The molecule has 0 spiro atoms. The monoisotopic (exact) mass is 382 g/mol. The number of piperidine rings is 1. The highest BCUT2D eigenvalue weighted by molar-refractivity contribution is 6.05. The second kappa shape index (κ2) is 6.67. The molecule has 148 valence electrons. The summed E-state index contributed by atoms with van der Waals surface area (Å²) in [6.45, 7) is 3.13. The fraction of sp³-hybridized carbons (Fsp3) is 0.571. The SMILES string of the molecule is O=C1CCC(N2Cc3cccc(CNC4(C5CC5)CCNC4)c3C2=O)C(=O)N1. The van der Waals surface area contributed by atoms with Crippen LogP contribution in [-0.2, 0) is 22.7 Å². The summed E-state index contributed by atoms with van der Waals surface area (Å²) in [6.07, 6.45) is 4.37. The van der Waals surface area contributed by atoms with E-state index in [4.69, 9.17) is 0 Å². The maximum atomic E-state index is 13.2. The summed E-state index contributed by atoms with van der Waals surface area (Å²) in [6, 6.07) is 5.42. The van der Waals surface area contributed by atoms with E-state index in [2.05, 4.69) is 16.0 Å². The molecule has 0 bridgehead atoms. The Morgan fingerprint density at radius 1 is 1.18 bits per heavy atom. The van der Waals surface area contributed by atoms with E-state index in [9.17, 15) is 14.4 Å². The van der Waals surface area contributed by atoms with Crippen LogP contribution in [0.5, 0.6) is 0 Å². The molecule has 1 aromatic rings. The lowest BCUT2D eigenvalue weighted by molar-refractivity contribution is -0.136. The second-order valence-corrected chi connectivity index (χ2v) is 8.56. The molecule has 4 aliphatic rings. The smallest absolute Gasteiger partial charge is 0.255 e. The average molecular weight is 382 g/mol. The molecule has 3 N–H and O–H groups in total. The van der Waals surface area contributed by atoms with E-state index < -0.39 is 6.04 Å². The van der Waals surface area contributed by atoms with E-state index in [1.165, 1.54) is 12.8 Å². The van der Waals surface area contributed by atoms with Crippen LogP contribution in [0.25, 0.3) is 0 Å². The van der Waals surface area contributed by atoms with Gasteiger partial charge < -0.3 is 15.5 Å². The third kappa shape index (κ3) is 2.93. The largest absolute Gasteiger partial charge is 0.322 e. The Kier molecular flexibility index (Phi) is 4.25. The number of nitrogens with one attached hydrogen (secondary N) is 3. The predicted octanol–water partition coefficient (Wildman–Crippen LogP) is 0.679. The first-order chi connectivity index (χ1) is 13.6. The van der Waals surface area contributed by atoms with E-state index in [0.29, 0.717) is 19.5 Å². The lowest BCUT2D eigenvalue weighted by atomic mass is 9.91. The van der Waals surface area contributed by atoms with Crippen LogP contribution in [-0.4, -0.2) is 47.3 Å². The first-order valence-electron chi connectivity index (χ1n) is 10.3. The number of hydrogen-bond acceptors (Lipinski definition) is 5. The quantitative estimate of drug-likeness (QED) is 0.652. The van der Waals surface area contributed by atoms with Gasteiger partial charge in [0, 0.05) is 37.2 Å². The Balaban J connectivity index is 1.35. The van der Waals surface area contributed by atoms with Crippen LogP contribution < -0.4 is 16.0 Å². The molecule has 0 radical (unpaired) electrons. The van der Waals surface area contributed by atoms with Crippen LogP contribution in [0, 0.1) is 5.92 Å². The number of nitrogens with zero attached hydrogens (tertiary/aromatic N) is 1. The van der Waals surface area contributed by atoms with Crippen molar-refractivity contribution in [2.24, 2.45) is 5.92 Å². The van der Waals surface area contributed by atoms with Gasteiger partial charge >= 0.3 is 0 Å². The molecule has 3 amide bonds. The van der Waals surface area contributed by atoms with Gasteiger partial charge in [-0.15, -0.1) is 0 Å². The number of benzene rings is 1. The number of carbonyl (C=O) groups is 3. The molecule has 2 saturated heterocycles. The van der Waals surface area contributed by atoms with Crippen molar-refractivity contribution in [1.82, 2.24) is 20.9 Å². The van der Waals surface area contributed by atoms with Crippen LogP contribution in [0.2, 0.25) is 0 Å². The lowest BCUT2D eigenvalue weighted by Gasteiger charge is -2.30. The molecule has 7 nitrogen and oxygen atoms in total. The zero-order valence-corrected chi connectivity index (χ0v) is 15.9. The van der Waals surface area contributed by atoms with E-state index in [0.717, 1.165) is 42.1 Å². The van der Waals surface area contributed by atoms with Gasteiger partial charge in [-0.25, -0.2) is 0 Å². The minimum absolute atomic E-state index is 0.0908. The molecule has 3 fully saturated rings. The maximum Gasteiger partial charge on any atom is 0.255 e. The van der Waals surface area contributed by atoms with Gasteiger partial charge in [-0.1, -0.05) is 18.2 Å². The van der Waals surface area contributed by atoms with Gasteiger partial charge in [0.1, 0.15) is 6.04 Å². The van der Waals surface area contributed by atoms with Crippen LogP contribution >= 0.6 is 0 Å². The number of carbonyl (C=O) groups excluding carboxylic acids is 3. The average Bonchev–Trinajstić information content (AvgIpc) is 3.34. The topological polar surface area (TPSA) is 90.5 Å². The molecular weight excluding hydrogens is 356 g/mol. The van der Waals surface area contributed by atoms with Gasteiger partial charge in [-0.05, 0) is 49.3 Å². The van der Waals surface area contributed by atoms with E-state index in [1.54, 1.807) is 4.90 Å². The summed E-state index contributed by atoms with van der Waals surface area (Å²) < 4.78 is 0. The summed E-state index contributed by atoms with van der Waals surface area (Å²) in [5.41, 5.74) is 2.85. The van der Waals surface area contributed by atoms with Gasteiger partial charge in [0.05, 0.1) is 0 Å². The summed E-state index contributed by atoms with van der Waals surface area (Å²) in [5, 5.41) is 9.62. The third-order valence-electron chi connectivity index (χ3n) is 6.82. The van der Waals surface area contributed by atoms with E-state index in [-0.39, 0.29) is 29.7 Å². The fourth-order valence-corrected chi connectivity index (χ4v) is 5.10. The first kappa shape index (κ1) is 17.8. The predicted molar refractivity (Wildman–Crippen MR) is 102 cm³/mol. The Morgan fingerprint density at radius 3 is 2.75 bits per heavy atom. The number of fused-ring (bicyclic) bond motifs is 1. The Morgan fingerprint density at radius 2 is 2.04 bits per heavy atom. The van der Waals surface area contributed by atoms with Gasteiger partial charge in [-0.2, -0.15) is 0 Å². The molecule has 1 aliphatic carbocycles. The highest BCUT2D eigenvalue weighted by Gasteiger charge is 2.47. The van der Waals surface area contributed by atoms with Crippen molar-refractivity contribution in [2.45, 2.75) is 56.8 Å². The molecule has 2 atom stereocenters. The van der Waals surface area contributed by atoms with Crippen LogP contribution in [0.15, 0.2) is 18.2 Å². The molecule has 28 heavy (non-hydrogen) atoms. The van der Waals surface area contributed by atoms with Gasteiger partial charge in [-0.3, -0.25) is 19.7 Å². The van der Waals surface area contributed by atoms with Crippen molar-refractivity contribution in [2.75, 3.05) is 13.1 Å². The summed E-state index contributed by atoms with van der Waals surface area (Å²) in [7, 11) is 0. The number of amides is 3. The minimum Gasteiger partial charge on any atom is -0.322 e. The van der Waals surface area contributed by atoms with Gasteiger partial charge in [0.2, 0.25) is 11.8 Å². The summed E-state index contributed by atoms with van der Waals surface area (Å²) in [4.78, 5) is 38.5. The Hall–Kier alpha value is -2.25. The van der Waals surface area contributed by atoms with Crippen molar-refractivity contribution >= 4 is 17.7 Å². The van der Waals surface area contributed by atoms with Gasteiger partial charge in [0.15, 0.2) is 0 Å². The van der Waals surface area contributed by atoms with Crippen molar-refractivity contribution in [1.29, 1.82) is 0 Å². The Labute approximate surface area is 164 Å². The zero-order valence-electron chi connectivity index (χ0n) is 15.9. The van der Waals surface area contributed by atoms with Crippen LogP contribution in [0.4, 0.5) is 0 Å². The van der Waals surface area contributed by atoms with Crippen LogP contribution in [0.1, 0.15) is 53.6 Å². The molecule has 1 saturated carbocycles. The van der Waals surface area contributed by atoms with Crippen molar-refractivity contribution < 1.29 is 14.4 Å². The second-order valence-electron chi connectivity index (χ2n) is 8.56. The van der Waals surface area contributed by atoms with Crippen LogP contribution in [0.3, 0.4) is 0 Å². The van der Waals surface area contributed by atoms with Gasteiger partial charge in [0.25, 0.3) is 5.91 Å². The maximum absolute atomic E-state index is 13.2. The normalized spacial score (nSPS) is 29.9. The molecule has 7 heteroatoms. The molecule has 3 aliphatic heterocycles. The van der Waals surface area contributed by atoms with Crippen molar-refractivity contribution in [3.05, 3.63) is 34.9 Å². The number of hydrogen-bond donors (Lipinski definition) is 3. The fourth-order valence-electron chi connectivity index (χ4n) is 5.10. The molecule has 2 unspecified atom stereocenters. The van der Waals surface area contributed by atoms with E-state index in [1.807, 2.05) is 18.2 Å². The summed E-state index contributed by atoms with van der Waals surface area (Å²) >= 11 is 0. The molecule has 5 rings (SSSR count).